The fourth-order valence-corrected chi connectivity index (χ4v) is 3.33. The SMILES string of the molecule is NS(=O)(=O)c1ccc(Br)c(C(=O)NC2CCCCC2)c1. The standard InChI is InChI=1S/C13H17BrN2O3S/c14-12-7-6-10(20(15,18)19)8-11(12)13(17)16-9-4-2-1-3-5-9/h6-9H,1-5H2,(H,16,17)(H2,15,18,19). The number of rotatable bonds is 3. The smallest absolute Gasteiger partial charge is 0.252 e. The number of sulfonamides is 1. The molecule has 0 bridgehead atoms. The molecule has 0 unspecified atom stereocenters. The summed E-state index contributed by atoms with van der Waals surface area (Å²) >= 11 is 3.27. The second-order valence-corrected chi connectivity index (χ2v) is 7.41. The zero-order valence-electron chi connectivity index (χ0n) is 10.9. The van der Waals surface area contributed by atoms with Crippen molar-refractivity contribution >= 4 is 31.9 Å². The molecule has 0 spiro atoms. The van der Waals surface area contributed by atoms with E-state index in [0.29, 0.717) is 10.0 Å². The van der Waals surface area contributed by atoms with Crippen LogP contribution in [0.15, 0.2) is 27.6 Å². The first-order valence-corrected chi connectivity index (χ1v) is 8.85. The molecule has 20 heavy (non-hydrogen) atoms. The quantitative estimate of drug-likeness (QED) is 0.865. The predicted octanol–water partition coefficient (Wildman–Crippen LogP) is 2.16. The highest BCUT2D eigenvalue weighted by Crippen LogP contribution is 2.22. The lowest BCUT2D eigenvalue weighted by Crippen LogP contribution is -2.36. The number of halogens is 1. The molecular weight excluding hydrogens is 344 g/mol. The highest BCUT2D eigenvalue weighted by molar-refractivity contribution is 9.10. The molecule has 5 nitrogen and oxygen atoms in total. The van der Waals surface area contributed by atoms with Gasteiger partial charge in [-0.3, -0.25) is 4.79 Å². The van der Waals surface area contributed by atoms with Crippen molar-refractivity contribution < 1.29 is 13.2 Å². The summed E-state index contributed by atoms with van der Waals surface area (Å²) in [6.07, 6.45) is 5.38. The van der Waals surface area contributed by atoms with Crippen LogP contribution in [0.4, 0.5) is 0 Å². The van der Waals surface area contributed by atoms with Crippen LogP contribution in [0.3, 0.4) is 0 Å². The summed E-state index contributed by atoms with van der Waals surface area (Å²) in [4.78, 5) is 12.2. The average Bonchev–Trinajstić information content (AvgIpc) is 2.39. The van der Waals surface area contributed by atoms with Gasteiger partial charge in [0.25, 0.3) is 5.91 Å². The second-order valence-electron chi connectivity index (χ2n) is 5.00. The summed E-state index contributed by atoms with van der Waals surface area (Å²) in [5.41, 5.74) is 0.294. The largest absolute Gasteiger partial charge is 0.349 e. The van der Waals surface area contributed by atoms with Gasteiger partial charge in [-0.15, -0.1) is 0 Å². The molecule has 0 aromatic heterocycles. The molecule has 0 radical (unpaired) electrons. The molecule has 2 rings (SSSR count). The van der Waals surface area contributed by atoms with Crippen molar-refractivity contribution in [3.8, 4) is 0 Å². The first-order valence-electron chi connectivity index (χ1n) is 6.51. The predicted molar refractivity (Wildman–Crippen MR) is 79.9 cm³/mol. The Morgan fingerprint density at radius 2 is 1.90 bits per heavy atom. The van der Waals surface area contributed by atoms with Crippen molar-refractivity contribution in [1.29, 1.82) is 0 Å². The number of carbonyl (C=O) groups excluding carboxylic acids is 1. The van der Waals surface area contributed by atoms with E-state index < -0.39 is 10.0 Å². The maximum Gasteiger partial charge on any atom is 0.252 e. The Hall–Kier alpha value is -0.920. The maximum atomic E-state index is 12.2. The number of benzene rings is 1. The molecule has 0 saturated heterocycles. The van der Waals surface area contributed by atoms with E-state index >= 15 is 0 Å². The van der Waals surface area contributed by atoms with Gasteiger partial charge in [-0.25, -0.2) is 13.6 Å². The Bertz CT molecular complexity index is 610. The molecule has 1 aliphatic carbocycles. The molecule has 110 valence electrons. The lowest BCUT2D eigenvalue weighted by molar-refractivity contribution is 0.0926. The van der Waals surface area contributed by atoms with Crippen LogP contribution in [-0.2, 0) is 10.0 Å². The van der Waals surface area contributed by atoms with Crippen LogP contribution in [-0.4, -0.2) is 20.4 Å². The Morgan fingerprint density at radius 3 is 2.50 bits per heavy atom. The van der Waals surface area contributed by atoms with Gasteiger partial charge < -0.3 is 5.32 Å². The third-order valence-electron chi connectivity index (χ3n) is 3.45. The summed E-state index contributed by atoms with van der Waals surface area (Å²) in [5, 5.41) is 8.04. The fourth-order valence-electron chi connectivity index (χ4n) is 2.37. The fraction of sp³-hybridized carbons (Fsp3) is 0.462. The summed E-state index contributed by atoms with van der Waals surface area (Å²) in [6.45, 7) is 0. The molecule has 1 fully saturated rings. The Morgan fingerprint density at radius 1 is 1.25 bits per heavy atom. The molecule has 0 aliphatic heterocycles. The topological polar surface area (TPSA) is 89.3 Å². The van der Waals surface area contributed by atoms with Crippen LogP contribution in [0.25, 0.3) is 0 Å². The van der Waals surface area contributed by atoms with Crippen LogP contribution >= 0.6 is 15.9 Å². The van der Waals surface area contributed by atoms with Crippen LogP contribution in [0, 0.1) is 0 Å². The van der Waals surface area contributed by atoms with Gasteiger partial charge in [0, 0.05) is 10.5 Å². The average molecular weight is 361 g/mol. The van der Waals surface area contributed by atoms with E-state index in [0.717, 1.165) is 25.7 Å². The summed E-state index contributed by atoms with van der Waals surface area (Å²) in [5.74, 6) is -0.269. The van der Waals surface area contributed by atoms with Gasteiger partial charge in [0.2, 0.25) is 10.0 Å². The zero-order valence-corrected chi connectivity index (χ0v) is 13.3. The number of amides is 1. The van der Waals surface area contributed by atoms with Gasteiger partial charge in [0.15, 0.2) is 0 Å². The van der Waals surface area contributed by atoms with E-state index in [4.69, 9.17) is 5.14 Å². The van der Waals surface area contributed by atoms with Gasteiger partial charge in [-0.2, -0.15) is 0 Å². The van der Waals surface area contributed by atoms with Gasteiger partial charge in [0.05, 0.1) is 10.5 Å². The maximum absolute atomic E-state index is 12.2. The molecule has 3 N–H and O–H groups in total. The van der Waals surface area contributed by atoms with E-state index in [1.165, 1.54) is 24.6 Å². The van der Waals surface area contributed by atoms with Crippen LogP contribution in [0.1, 0.15) is 42.5 Å². The van der Waals surface area contributed by atoms with Crippen molar-refractivity contribution in [3.63, 3.8) is 0 Å². The summed E-state index contributed by atoms with van der Waals surface area (Å²) < 4.78 is 23.2. The van der Waals surface area contributed by atoms with Crippen molar-refractivity contribution in [2.45, 2.75) is 43.0 Å². The van der Waals surface area contributed by atoms with E-state index in [1.807, 2.05) is 0 Å². The lowest BCUT2D eigenvalue weighted by Gasteiger charge is -2.23. The van der Waals surface area contributed by atoms with Gasteiger partial charge >= 0.3 is 0 Å². The minimum atomic E-state index is -3.81. The second kappa shape index (κ2) is 6.24. The number of hydrogen-bond donors (Lipinski definition) is 2. The minimum absolute atomic E-state index is 0.0607. The number of nitrogens with one attached hydrogen (secondary N) is 1. The normalized spacial score (nSPS) is 16.9. The van der Waals surface area contributed by atoms with Crippen LogP contribution in [0.5, 0.6) is 0 Å². The van der Waals surface area contributed by atoms with Gasteiger partial charge in [0.1, 0.15) is 0 Å². The highest BCUT2D eigenvalue weighted by Gasteiger charge is 2.20. The molecule has 1 amide bonds. The molecule has 7 heteroatoms. The lowest BCUT2D eigenvalue weighted by atomic mass is 9.95. The third kappa shape index (κ3) is 3.80. The summed E-state index contributed by atoms with van der Waals surface area (Å²) in [7, 11) is -3.81. The van der Waals surface area contributed by atoms with Gasteiger partial charge in [-0.1, -0.05) is 19.3 Å². The number of carbonyl (C=O) groups is 1. The minimum Gasteiger partial charge on any atom is -0.349 e. The molecule has 1 aromatic rings. The molecule has 0 heterocycles. The number of hydrogen-bond acceptors (Lipinski definition) is 3. The van der Waals surface area contributed by atoms with Gasteiger partial charge in [-0.05, 0) is 47.0 Å². The summed E-state index contributed by atoms with van der Waals surface area (Å²) in [6, 6.07) is 4.37. The first-order chi connectivity index (χ1) is 9.38. The van der Waals surface area contributed by atoms with E-state index in [1.54, 1.807) is 0 Å². The third-order valence-corrected chi connectivity index (χ3v) is 5.05. The molecular formula is C13H17BrN2O3S. The Kier molecular flexibility index (Phi) is 4.82. The Labute approximate surface area is 127 Å². The first kappa shape index (κ1) is 15.5. The monoisotopic (exact) mass is 360 g/mol. The molecule has 0 atom stereocenters. The Balaban J connectivity index is 2.20. The number of nitrogens with two attached hydrogens (primary N) is 1. The number of primary sulfonamides is 1. The highest BCUT2D eigenvalue weighted by atomic mass is 79.9. The molecule has 1 saturated carbocycles. The van der Waals surface area contributed by atoms with Crippen LogP contribution < -0.4 is 10.5 Å². The van der Waals surface area contributed by atoms with Crippen molar-refractivity contribution in [1.82, 2.24) is 5.32 Å². The van der Waals surface area contributed by atoms with E-state index in [-0.39, 0.29) is 16.8 Å². The molecule has 1 aromatic carbocycles. The van der Waals surface area contributed by atoms with E-state index in [2.05, 4.69) is 21.2 Å². The van der Waals surface area contributed by atoms with Crippen molar-refractivity contribution in [2.75, 3.05) is 0 Å². The molecule has 1 aliphatic rings. The van der Waals surface area contributed by atoms with Crippen molar-refractivity contribution in [2.24, 2.45) is 5.14 Å². The zero-order chi connectivity index (χ0) is 14.8. The van der Waals surface area contributed by atoms with Crippen LogP contribution in [0.2, 0.25) is 0 Å². The van der Waals surface area contributed by atoms with E-state index in [9.17, 15) is 13.2 Å². The van der Waals surface area contributed by atoms with Crippen molar-refractivity contribution in [3.05, 3.63) is 28.2 Å².